The highest BCUT2D eigenvalue weighted by Crippen LogP contribution is 2.17. The Kier molecular flexibility index (Phi) is 6.76. The molecule has 1 fully saturated rings. The molecule has 0 aromatic rings. The van der Waals surface area contributed by atoms with Crippen molar-refractivity contribution in [1.29, 1.82) is 0 Å². The first-order valence-electron chi connectivity index (χ1n) is 7.67. The topological polar surface area (TPSA) is 61.8 Å². The number of hydrogen-bond donors (Lipinski definition) is 2. The fourth-order valence-corrected chi connectivity index (χ4v) is 2.44. The standard InChI is InChI=1S/C15H30N2O3/c1-12(18)11-17(14(19)20-15(2,3)4)10-9-16-13-7-5-6-8-13/h12-13,16,18H,5-11H2,1-4H3. The van der Waals surface area contributed by atoms with E-state index < -0.39 is 11.7 Å². The summed E-state index contributed by atoms with van der Waals surface area (Å²) in [4.78, 5) is 13.7. The Bertz CT molecular complexity index is 294. The molecule has 1 rings (SSSR count). The maximum Gasteiger partial charge on any atom is 0.410 e. The molecule has 0 radical (unpaired) electrons. The molecule has 1 atom stereocenters. The molecule has 0 spiro atoms. The highest BCUT2D eigenvalue weighted by molar-refractivity contribution is 5.68. The van der Waals surface area contributed by atoms with Gasteiger partial charge in [0.25, 0.3) is 0 Å². The second-order valence-corrected chi connectivity index (χ2v) is 6.71. The average Bonchev–Trinajstić information content (AvgIpc) is 2.77. The lowest BCUT2D eigenvalue weighted by molar-refractivity contribution is 0.0163. The van der Waals surface area contributed by atoms with Crippen molar-refractivity contribution in [3.8, 4) is 0 Å². The lowest BCUT2D eigenvalue weighted by Gasteiger charge is -2.28. The molecule has 1 aliphatic carbocycles. The van der Waals surface area contributed by atoms with E-state index in [1.165, 1.54) is 25.7 Å². The Balaban J connectivity index is 2.39. The summed E-state index contributed by atoms with van der Waals surface area (Å²) in [6.45, 7) is 8.85. The molecule has 5 nitrogen and oxygen atoms in total. The van der Waals surface area contributed by atoms with Crippen molar-refractivity contribution < 1.29 is 14.6 Å². The third kappa shape index (κ3) is 7.10. The molecule has 1 unspecified atom stereocenters. The van der Waals surface area contributed by atoms with Gasteiger partial charge in [0.05, 0.1) is 6.10 Å². The van der Waals surface area contributed by atoms with Crippen LogP contribution >= 0.6 is 0 Å². The molecule has 0 aromatic heterocycles. The maximum absolute atomic E-state index is 12.1. The van der Waals surface area contributed by atoms with E-state index >= 15 is 0 Å². The van der Waals surface area contributed by atoms with Crippen LogP contribution in [0, 0.1) is 0 Å². The highest BCUT2D eigenvalue weighted by atomic mass is 16.6. The summed E-state index contributed by atoms with van der Waals surface area (Å²) >= 11 is 0. The zero-order chi connectivity index (χ0) is 15.2. The third-order valence-corrected chi connectivity index (χ3v) is 3.31. The van der Waals surface area contributed by atoms with E-state index in [-0.39, 0.29) is 6.09 Å². The first kappa shape index (κ1) is 17.2. The summed E-state index contributed by atoms with van der Waals surface area (Å²) in [6.07, 6.45) is 4.13. The minimum absolute atomic E-state index is 0.307. The molecule has 0 aliphatic heterocycles. The zero-order valence-corrected chi connectivity index (χ0v) is 13.3. The van der Waals surface area contributed by atoms with Gasteiger partial charge >= 0.3 is 6.09 Å². The second-order valence-electron chi connectivity index (χ2n) is 6.71. The van der Waals surface area contributed by atoms with Gasteiger partial charge in [-0.1, -0.05) is 12.8 Å². The molecule has 2 N–H and O–H groups in total. The van der Waals surface area contributed by atoms with Crippen molar-refractivity contribution in [3.63, 3.8) is 0 Å². The molecule has 118 valence electrons. The summed E-state index contributed by atoms with van der Waals surface area (Å²) in [5.41, 5.74) is -0.507. The van der Waals surface area contributed by atoms with Gasteiger partial charge in [-0.25, -0.2) is 4.79 Å². The fraction of sp³-hybridized carbons (Fsp3) is 0.933. The van der Waals surface area contributed by atoms with Crippen molar-refractivity contribution in [2.24, 2.45) is 0 Å². The van der Waals surface area contributed by atoms with Crippen LogP contribution in [0.2, 0.25) is 0 Å². The van der Waals surface area contributed by atoms with E-state index in [0.29, 0.717) is 19.1 Å². The van der Waals surface area contributed by atoms with E-state index in [0.717, 1.165) is 6.54 Å². The molecule has 1 aliphatic rings. The van der Waals surface area contributed by atoms with Crippen molar-refractivity contribution in [2.45, 2.75) is 71.1 Å². The first-order chi connectivity index (χ1) is 9.28. The Morgan fingerprint density at radius 2 is 2.00 bits per heavy atom. The largest absolute Gasteiger partial charge is 0.444 e. The Labute approximate surface area is 122 Å². The zero-order valence-electron chi connectivity index (χ0n) is 13.3. The normalized spacial score (nSPS) is 18.1. The lowest BCUT2D eigenvalue weighted by Crippen LogP contribution is -2.44. The van der Waals surface area contributed by atoms with Crippen molar-refractivity contribution in [1.82, 2.24) is 10.2 Å². The van der Waals surface area contributed by atoms with Gasteiger partial charge in [-0.3, -0.25) is 0 Å². The van der Waals surface area contributed by atoms with E-state index in [1.807, 2.05) is 20.8 Å². The van der Waals surface area contributed by atoms with E-state index in [2.05, 4.69) is 5.32 Å². The van der Waals surface area contributed by atoms with Crippen molar-refractivity contribution in [3.05, 3.63) is 0 Å². The number of carbonyl (C=O) groups excluding carboxylic acids is 1. The van der Waals surface area contributed by atoms with Crippen LogP contribution in [0.1, 0.15) is 53.4 Å². The number of nitrogens with one attached hydrogen (secondary N) is 1. The molecule has 5 heteroatoms. The van der Waals surface area contributed by atoms with Gasteiger partial charge in [0, 0.05) is 25.7 Å². The quantitative estimate of drug-likeness (QED) is 0.785. The average molecular weight is 286 g/mol. The molecular formula is C15H30N2O3. The van der Waals surface area contributed by atoms with E-state index in [1.54, 1.807) is 11.8 Å². The van der Waals surface area contributed by atoms with Crippen LogP contribution in [0.5, 0.6) is 0 Å². The summed E-state index contributed by atoms with van der Waals surface area (Å²) in [7, 11) is 0. The molecule has 0 heterocycles. The van der Waals surface area contributed by atoms with Gasteiger partial charge in [0.1, 0.15) is 5.60 Å². The van der Waals surface area contributed by atoms with Crippen LogP contribution in [0.25, 0.3) is 0 Å². The molecule has 0 aromatic carbocycles. The molecule has 1 amide bonds. The van der Waals surface area contributed by atoms with E-state index in [4.69, 9.17) is 4.74 Å². The Morgan fingerprint density at radius 1 is 1.40 bits per heavy atom. The van der Waals surface area contributed by atoms with Gasteiger partial charge in [-0.05, 0) is 40.5 Å². The van der Waals surface area contributed by atoms with Crippen LogP contribution in [0.4, 0.5) is 4.79 Å². The fourth-order valence-electron chi connectivity index (χ4n) is 2.44. The SMILES string of the molecule is CC(O)CN(CCNC1CCCC1)C(=O)OC(C)(C)C. The molecule has 0 bridgehead atoms. The lowest BCUT2D eigenvalue weighted by atomic mass is 10.2. The summed E-state index contributed by atoms with van der Waals surface area (Å²) in [6, 6.07) is 0.585. The third-order valence-electron chi connectivity index (χ3n) is 3.31. The predicted molar refractivity (Wildman–Crippen MR) is 79.7 cm³/mol. The van der Waals surface area contributed by atoms with Crippen LogP contribution in [0.15, 0.2) is 0 Å². The second kappa shape index (κ2) is 7.84. The number of aliphatic hydroxyl groups excluding tert-OH is 1. The summed E-state index contributed by atoms with van der Waals surface area (Å²) in [5.74, 6) is 0. The molecule has 1 saturated carbocycles. The number of nitrogens with zero attached hydrogens (tertiary/aromatic N) is 1. The smallest absolute Gasteiger partial charge is 0.410 e. The van der Waals surface area contributed by atoms with Crippen molar-refractivity contribution in [2.75, 3.05) is 19.6 Å². The number of ether oxygens (including phenoxy) is 1. The van der Waals surface area contributed by atoms with Crippen molar-refractivity contribution >= 4 is 6.09 Å². The number of hydrogen-bond acceptors (Lipinski definition) is 4. The summed E-state index contributed by atoms with van der Waals surface area (Å²) in [5, 5.41) is 13.0. The summed E-state index contributed by atoms with van der Waals surface area (Å²) < 4.78 is 5.37. The number of rotatable bonds is 6. The van der Waals surface area contributed by atoms with Crippen LogP contribution in [-0.4, -0.2) is 53.5 Å². The van der Waals surface area contributed by atoms with Gasteiger partial charge in [-0.2, -0.15) is 0 Å². The predicted octanol–water partition coefficient (Wildman–Crippen LogP) is 2.14. The van der Waals surface area contributed by atoms with Gasteiger partial charge in [0.2, 0.25) is 0 Å². The monoisotopic (exact) mass is 286 g/mol. The Morgan fingerprint density at radius 3 is 2.50 bits per heavy atom. The molecule has 0 saturated heterocycles. The number of amides is 1. The van der Waals surface area contributed by atoms with Gasteiger partial charge < -0.3 is 20.1 Å². The number of carbonyl (C=O) groups is 1. The maximum atomic E-state index is 12.1. The van der Waals surface area contributed by atoms with Gasteiger partial charge in [-0.15, -0.1) is 0 Å². The highest BCUT2D eigenvalue weighted by Gasteiger charge is 2.23. The minimum atomic E-state index is -0.547. The van der Waals surface area contributed by atoms with E-state index in [9.17, 15) is 9.90 Å². The van der Waals surface area contributed by atoms with Crippen LogP contribution < -0.4 is 5.32 Å². The Hall–Kier alpha value is -0.810. The molecular weight excluding hydrogens is 256 g/mol. The van der Waals surface area contributed by atoms with Gasteiger partial charge in [0.15, 0.2) is 0 Å². The number of aliphatic hydroxyl groups is 1. The minimum Gasteiger partial charge on any atom is -0.444 e. The van der Waals surface area contributed by atoms with Crippen LogP contribution in [0.3, 0.4) is 0 Å². The first-order valence-corrected chi connectivity index (χ1v) is 7.67. The van der Waals surface area contributed by atoms with Crippen LogP contribution in [-0.2, 0) is 4.74 Å². The molecule has 20 heavy (non-hydrogen) atoms.